The third-order valence-electron chi connectivity index (χ3n) is 3.66. The number of nitrogens with one attached hydrogen (secondary N) is 1. The summed E-state index contributed by atoms with van der Waals surface area (Å²) in [7, 11) is 0. The topological polar surface area (TPSA) is 29.1 Å². The van der Waals surface area contributed by atoms with Crippen molar-refractivity contribution < 1.29 is 9.18 Å². The van der Waals surface area contributed by atoms with Gasteiger partial charge in [0, 0.05) is 12.1 Å². The van der Waals surface area contributed by atoms with Gasteiger partial charge >= 0.3 is 0 Å². The van der Waals surface area contributed by atoms with Gasteiger partial charge in [-0.1, -0.05) is 56.3 Å². The van der Waals surface area contributed by atoms with Gasteiger partial charge in [0.1, 0.15) is 5.82 Å². The van der Waals surface area contributed by atoms with Crippen LogP contribution in [0, 0.1) is 11.7 Å². The summed E-state index contributed by atoms with van der Waals surface area (Å²) >= 11 is 0. The summed E-state index contributed by atoms with van der Waals surface area (Å²) in [6, 6.07) is 14.4. The molecule has 2 rings (SSSR count). The third kappa shape index (κ3) is 3.94. The molecule has 0 saturated carbocycles. The molecule has 1 amide bonds. The summed E-state index contributed by atoms with van der Waals surface area (Å²) in [5.41, 5.74) is 2.08. The Hall–Kier alpha value is -2.16. The van der Waals surface area contributed by atoms with Crippen molar-refractivity contribution in [2.45, 2.75) is 26.7 Å². The van der Waals surface area contributed by atoms with Crippen LogP contribution in [0.4, 0.5) is 4.39 Å². The van der Waals surface area contributed by atoms with Crippen LogP contribution in [0.2, 0.25) is 0 Å². The highest BCUT2D eigenvalue weighted by Gasteiger charge is 2.17. The van der Waals surface area contributed by atoms with Gasteiger partial charge in [-0.05, 0) is 30.0 Å². The van der Waals surface area contributed by atoms with Crippen LogP contribution in [-0.2, 0) is 4.79 Å². The van der Waals surface area contributed by atoms with Gasteiger partial charge in [0.15, 0.2) is 0 Å². The maximum atomic E-state index is 14.3. The number of hydrogen-bond acceptors (Lipinski definition) is 1. The minimum absolute atomic E-state index is 0.0689. The number of rotatable bonds is 5. The minimum Gasteiger partial charge on any atom is -0.355 e. The van der Waals surface area contributed by atoms with Crippen LogP contribution in [0.1, 0.15) is 32.3 Å². The molecule has 1 atom stereocenters. The molecule has 0 aliphatic heterocycles. The van der Waals surface area contributed by atoms with E-state index < -0.39 is 0 Å². The van der Waals surface area contributed by atoms with Gasteiger partial charge in [0.25, 0.3) is 0 Å². The molecular weight excluding hydrogens is 277 g/mol. The molecule has 0 aliphatic carbocycles. The van der Waals surface area contributed by atoms with Gasteiger partial charge in [0.2, 0.25) is 5.91 Å². The number of hydrogen-bond donors (Lipinski definition) is 1. The van der Waals surface area contributed by atoms with Crippen molar-refractivity contribution >= 4 is 5.91 Å². The summed E-state index contributed by atoms with van der Waals surface area (Å²) in [5.74, 6) is -0.334. The average Bonchev–Trinajstić information content (AvgIpc) is 2.52. The summed E-state index contributed by atoms with van der Waals surface area (Å²) in [4.78, 5) is 12.1. The molecule has 0 spiro atoms. The van der Waals surface area contributed by atoms with E-state index in [1.54, 1.807) is 13.0 Å². The Bertz CT molecular complexity index is 637. The highest BCUT2D eigenvalue weighted by Crippen LogP contribution is 2.26. The quantitative estimate of drug-likeness (QED) is 0.872. The van der Waals surface area contributed by atoms with Gasteiger partial charge < -0.3 is 5.32 Å². The van der Waals surface area contributed by atoms with E-state index in [0.29, 0.717) is 23.6 Å². The molecular formula is C19H22FNO. The van der Waals surface area contributed by atoms with Gasteiger partial charge in [-0.2, -0.15) is 0 Å². The second-order valence-electron chi connectivity index (χ2n) is 5.97. The minimum atomic E-state index is -0.363. The van der Waals surface area contributed by atoms with Crippen LogP contribution in [0.15, 0.2) is 48.5 Å². The van der Waals surface area contributed by atoms with Crippen molar-refractivity contribution in [1.82, 2.24) is 5.32 Å². The molecule has 0 saturated heterocycles. The van der Waals surface area contributed by atoms with Gasteiger partial charge in [-0.25, -0.2) is 4.39 Å². The zero-order valence-corrected chi connectivity index (χ0v) is 13.3. The second-order valence-corrected chi connectivity index (χ2v) is 5.97. The largest absolute Gasteiger partial charge is 0.355 e. The van der Waals surface area contributed by atoms with E-state index in [-0.39, 0.29) is 17.6 Å². The highest BCUT2D eigenvalue weighted by atomic mass is 19.1. The number of carbonyl (C=O) groups excluding carboxylic acids is 1. The standard InChI is InChI=1S/C19H22FNO/c1-13(2)12-21-19(22)14(3)16-9-10-17(18(20)11-16)15-7-5-4-6-8-15/h4-11,13-14H,12H2,1-3H3,(H,21,22). The maximum absolute atomic E-state index is 14.3. The molecule has 3 heteroatoms. The fourth-order valence-corrected chi connectivity index (χ4v) is 2.26. The summed E-state index contributed by atoms with van der Waals surface area (Å²) in [5, 5.41) is 2.88. The lowest BCUT2D eigenvalue weighted by Gasteiger charge is -2.15. The lowest BCUT2D eigenvalue weighted by atomic mass is 9.96. The Morgan fingerprint density at radius 1 is 1.09 bits per heavy atom. The van der Waals surface area contributed by atoms with E-state index in [4.69, 9.17) is 0 Å². The SMILES string of the molecule is CC(C)CNC(=O)C(C)c1ccc(-c2ccccc2)c(F)c1. The molecule has 0 fully saturated rings. The molecule has 0 aliphatic rings. The Morgan fingerprint density at radius 2 is 1.77 bits per heavy atom. The molecule has 0 aromatic heterocycles. The van der Waals surface area contributed by atoms with Crippen LogP contribution in [-0.4, -0.2) is 12.5 Å². The molecule has 2 aromatic rings. The summed E-state index contributed by atoms with van der Waals surface area (Å²) in [6.07, 6.45) is 0. The Kier molecular flexibility index (Phi) is 5.31. The van der Waals surface area contributed by atoms with Gasteiger partial charge in [-0.3, -0.25) is 4.79 Å². The molecule has 2 nitrogen and oxygen atoms in total. The zero-order chi connectivity index (χ0) is 16.1. The lowest BCUT2D eigenvalue weighted by molar-refractivity contribution is -0.122. The molecule has 1 unspecified atom stereocenters. The molecule has 22 heavy (non-hydrogen) atoms. The van der Waals surface area contributed by atoms with Crippen molar-refractivity contribution in [2.75, 3.05) is 6.54 Å². The van der Waals surface area contributed by atoms with Crippen molar-refractivity contribution in [2.24, 2.45) is 5.92 Å². The average molecular weight is 299 g/mol. The lowest BCUT2D eigenvalue weighted by Crippen LogP contribution is -2.31. The zero-order valence-electron chi connectivity index (χ0n) is 13.3. The third-order valence-corrected chi connectivity index (χ3v) is 3.66. The normalized spacial score (nSPS) is 12.2. The van der Waals surface area contributed by atoms with E-state index >= 15 is 0 Å². The monoisotopic (exact) mass is 299 g/mol. The first-order valence-electron chi connectivity index (χ1n) is 7.61. The first-order valence-corrected chi connectivity index (χ1v) is 7.61. The molecule has 1 N–H and O–H groups in total. The summed E-state index contributed by atoms with van der Waals surface area (Å²) < 4.78 is 14.3. The van der Waals surface area contributed by atoms with E-state index in [1.807, 2.05) is 50.2 Å². The molecule has 2 aromatic carbocycles. The van der Waals surface area contributed by atoms with Crippen LogP contribution < -0.4 is 5.32 Å². The molecule has 0 bridgehead atoms. The maximum Gasteiger partial charge on any atom is 0.227 e. The van der Waals surface area contributed by atoms with Crippen molar-refractivity contribution in [3.8, 4) is 11.1 Å². The first-order chi connectivity index (χ1) is 10.5. The second kappa shape index (κ2) is 7.21. The van der Waals surface area contributed by atoms with Crippen molar-refractivity contribution in [3.05, 3.63) is 59.9 Å². The number of benzene rings is 2. The predicted molar refractivity (Wildman–Crippen MR) is 88.1 cm³/mol. The van der Waals surface area contributed by atoms with E-state index in [9.17, 15) is 9.18 Å². The Labute approximate surface area is 131 Å². The van der Waals surface area contributed by atoms with Crippen LogP contribution in [0.25, 0.3) is 11.1 Å². The fraction of sp³-hybridized carbons (Fsp3) is 0.316. The first kappa shape index (κ1) is 16.2. The van der Waals surface area contributed by atoms with Crippen LogP contribution >= 0.6 is 0 Å². The van der Waals surface area contributed by atoms with Crippen LogP contribution in [0.5, 0.6) is 0 Å². The van der Waals surface area contributed by atoms with Crippen molar-refractivity contribution in [3.63, 3.8) is 0 Å². The molecule has 0 radical (unpaired) electrons. The number of amides is 1. The number of carbonyl (C=O) groups is 1. The Morgan fingerprint density at radius 3 is 2.36 bits per heavy atom. The summed E-state index contributed by atoms with van der Waals surface area (Å²) in [6.45, 7) is 6.51. The van der Waals surface area contributed by atoms with E-state index in [0.717, 1.165) is 5.56 Å². The van der Waals surface area contributed by atoms with Crippen molar-refractivity contribution in [1.29, 1.82) is 0 Å². The Balaban J connectivity index is 2.17. The fourth-order valence-electron chi connectivity index (χ4n) is 2.26. The smallest absolute Gasteiger partial charge is 0.227 e. The predicted octanol–water partition coefficient (Wildman–Crippen LogP) is 4.37. The van der Waals surface area contributed by atoms with Crippen LogP contribution in [0.3, 0.4) is 0 Å². The van der Waals surface area contributed by atoms with Gasteiger partial charge in [0.05, 0.1) is 5.92 Å². The number of halogens is 1. The van der Waals surface area contributed by atoms with E-state index in [2.05, 4.69) is 5.32 Å². The molecule has 0 heterocycles. The van der Waals surface area contributed by atoms with Gasteiger partial charge in [-0.15, -0.1) is 0 Å². The molecule has 116 valence electrons. The highest BCUT2D eigenvalue weighted by molar-refractivity contribution is 5.83. The van der Waals surface area contributed by atoms with E-state index in [1.165, 1.54) is 6.07 Å².